The van der Waals surface area contributed by atoms with Crippen molar-refractivity contribution in [3.63, 3.8) is 0 Å². The van der Waals surface area contributed by atoms with Crippen molar-refractivity contribution >= 4 is 17.0 Å². The Kier molecular flexibility index (Phi) is 3.86. The molecule has 0 amide bonds. The normalized spacial score (nSPS) is 20.6. The van der Waals surface area contributed by atoms with Gasteiger partial charge in [0.25, 0.3) is 0 Å². The minimum Gasteiger partial charge on any atom is -0.371 e. The first-order valence-corrected chi connectivity index (χ1v) is 8.19. The maximum Gasteiger partial charge on any atom is 0.165 e. The van der Waals surface area contributed by atoms with E-state index in [4.69, 9.17) is 4.74 Å². The van der Waals surface area contributed by atoms with Crippen LogP contribution in [0.5, 0.6) is 0 Å². The van der Waals surface area contributed by atoms with Crippen molar-refractivity contribution in [1.82, 2.24) is 24.5 Å². The Labute approximate surface area is 140 Å². The molecule has 3 aromatic heterocycles. The molecule has 7 heteroatoms. The van der Waals surface area contributed by atoms with Gasteiger partial charge in [-0.2, -0.15) is 0 Å². The minimum absolute atomic E-state index is 0.0121. The molecule has 3 aromatic rings. The molecule has 4 heterocycles. The standard InChI is InChI=1S/C17H20N6O/c1-3-23-11-21-14-16(19-10-20-17(14)23)22(2)13-6-8-24-15(13)12-5-4-7-18-9-12/h4-5,7,9-11,13,15H,3,6,8H2,1-2H3/t13-,15+/m0/s1. The fourth-order valence-electron chi connectivity index (χ4n) is 3.35. The summed E-state index contributed by atoms with van der Waals surface area (Å²) in [5.41, 5.74) is 2.79. The fourth-order valence-corrected chi connectivity index (χ4v) is 3.35. The quantitative estimate of drug-likeness (QED) is 0.733. The molecular weight excluding hydrogens is 304 g/mol. The van der Waals surface area contributed by atoms with Gasteiger partial charge in [0.15, 0.2) is 17.0 Å². The van der Waals surface area contributed by atoms with Crippen LogP contribution in [0.3, 0.4) is 0 Å². The molecule has 4 rings (SSSR count). The highest BCUT2D eigenvalue weighted by Crippen LogP contribution is 2.35. The summed E-state index contributed by atoms with van der Waals surface area (Å²) in [7, 11) is 2.05. The molecule has 24 heavy (non-hydrogen) atoms. The molecule has 0 aliphatic carbocycles. The Hall–Kier alpha value is -2.54. The van der Waals surface area contributed by atoms with Gasteiger partial charge in [0.2, 0.25) is 0 Å². The molecule has 1 aliphatic heterocycles. The van der Waals surface area contributed by atoms with Crippen molar-refractivity contribution in [3.8, 4) is 0 Å². The van der Waals surface area contributed by atoms with Crippen LogP contribution in [0.4, 0.5) is 5.82 Å². The summed E-state index contributed by atoms with van der Waals surface area (Å²) in [6.45, 7) is 3.64. The van der Waals surface area contributed by atoms with Crippen molar-refractivity contribution in [2.24, 2.45) is 0 Å². The van der Waals surface area contributed by atoms with E-state index in [2.05, 4.69) is 44.9 Å². The summed E-state index contributed by atoms with van der Waals surface area (Å²) in [6, 6.07) is 4.20. The van der Waals surface area contributed by atoms with Crippen LogP contribution in [-0.4, -0.2) is 44.2 Å². The van der Waals surface area contributed by atoms with E-state index in [0.29, 0.717) is 0 Å². The molecule has 2 atom stereocenters. The maximum atomic E-state index is 5.98. The van der Waals surface area contributed by atoms with Crippen LogP contribution in [0.1, 0.15) is 25.0 Å². The monoisotopic (exact) mass is 324 g/mol. The van der Waals surface area contributed by atoms with Crippen molar-refractivity contribution < 1.29 is 4.74 Å². The highest BCUT2D eigenvalue weighted by atomic mass is 16.5. The number of likely N-dealkylation sites (N-methyl/N-ethyl adjacent to an activating group) is 1. The third-order valence-corrected chi connectivity index (χ3v) is 4.63. The smallest absolute Gasteiger partial charge is 0.165 e. The zero-order valence-corrected chi connectivity index (χ0v) is 13.8. The zero-order valence-electron chi connectivity index (χ0n) is 13.8. The highest BCUT2D eigenvalue weighted by Gasteiger charge is 2.34. The molecule has 124 valence electrons. The van der Waals surface area contributed by atoms with Gasteiger partial charge in [-0.05, 0) is 19.4 Å². The van der Waals surface area contributed by atoms with E-state index in [9.17, 15) is 0 Å². The van der Waals surface area contributed by atoms with E-state index in [-0.39, 0.29) is 12.1 Å². The maximum absolute atomic E-state index is 5.98. The number of nitrogens with zero attached hydrogens (tertiary/aromatic N) is 6. The van der Waals surface area contributed by atoms with Gasteiger partial charge in [0, 0.05) is 38.2 Å². The number of anilines is 1. The minimum atomic E-state index is -0.0121. The average Bonchev–Trinajstić information content (AvgIpc) is 3.28. The Bertz CT molecular complexity index is 833. The fraction of sp³-hybridized carbons (Fsp3) is 0.412. The van der Waals surface area contributed by atoms with E-state index in [1.807, 2.05) is 23.2 Å². The van der Waals surface area contributed by atoms with Crippen molar-refractivity contribution in [2.45, 2.75) is 32.0 Å². The third kappa shape index (κ3) is 2.41. The Balaban J connectivity index is 1.70. The number of hydrogen-bond acceptors (Lipinski definition) is 6. The molecule has 0 spiro atoms. The van der Waals surface area contributed by atoms with Gasteiger partial charge in [-0.15, -0.1) is 0 Å². The van der Waals surface area contributed by atoms with Crippen LogP contribution < -0.4 is 4.90 Å². The van der Waals surface area contributed by atoms with Crippen LogP contribution in [0.2, 0.25) is 0 Å². The van der Waals surface area contributed by atoms with Crippen LogP contribution in [0, 0.1) is 0 Å². The first-order chi connectivity index (χ1) is 11.8. The summed E-state index contributed by atoms with van der Waals surface area (Å²) < 4.78 is 8.01. The zero-order chi connectivity index (χ0) is 16.5. The molecular formula is C17H20N6O. The Morgan fingerprint density at radius 1 is 1.33 bits per heavy atom. The second-order valence-electron chi connectivity index (χ2n) is 5.94. The summed E-state index contributed by atoms with van der Waals surface area (Å²) >= 11 is 0. The average molecular weight is 324 g/mol. The summed E-state index contributed by atoms with van der Waals surface area (Å²) in [5.74, 6) is 0.844. The lowest BCUT2D eigenvalue weighted by Gasteiger charge is -2.29. The van der Waals surface area contributed by atoms with Crippen LogP contribution in [-0.2, 0) is 11.3 Å². The van der Waals surface area contributed by atoms with Gasteiger partial charge in [0.1, 0.15) is 12.4 Å². The predicted molar refractivity (Wildman–Crippen MR) is 90.7 cm³/mol. The summed E-state index contributed by atoms with van der Waals surface area (Å²) in [6.07, 6.45) is 8.01. The van der Waals surface area contributed by atoms with E-state index < -0.39 is 0 Å². The van der Waals surface area contributed by atoms with Crippen molar-refractivity contribution in [1.29, 1.82) is 0 Å². The predicted octanol–water partition coefficient (Wildman–Crippen LogP) is 2.21. The Morgan fingerprint density at radius 2 is 2.25 bits per heavy atom. The van der Waals surface area contributed by atoms with Gasteiger partial charge in [-0.3, -0.25) is 4.98 Å². The number of hydrogen-bond donors (Lipinski definition) is 0. The lowest BCUT2D eigenvalue weighted by atomic mass is 10.0. The molecule has 0 saturated carbocycles. The first kappa shape index (κ1) is 15.0. The first-order valence-electron chi connectivity index (χ1n) is 8.19. The molecule has 1 aliphatic rings. The molecule has 0 bridgehead atoms. The number of aryl methyl sites for hydroxylation is 1. The third-order valence-electron chi connectivity index (χ3n) is 4.63. The molecule has 0 unspecified atom stereocenters. The molecule has 0 aromatic carbocycles. The van der Waals surface area contributed by atoms with Crippen LogP contribution >= 0.6 is 0 Å². The highest BCUT2D eigenvalue weighted by molar-refractivity contribution is 5.83. The topological polar surface area (TPSA) is 69.0 Å². The molecule has 1 fully saturated rings. The number of fused-ring (bicyclic) bond motifs is 1. The number of rotatable bonds is 4. The molecule has 0 radical (unpaired) electrons. The van der Waals surface area contributed by atoms with E-state index in [1.165, 1.54) is 0 Å². The van der Waals surface area contributed by atoms with Crippen LogP contribution in [0.15, 0.2) is 37.2 Å². The SMILES string of the molecule is CCn1cnc2c(N(C)[C@H]3CCO[C@@H]3c3cccnc3)ncnc21. The number of ether oxygens (including phenoxy) is 1. The van der Waals surface area contributed by atoms with Gasteiger partial charge < -0.3 is 14.2 Å². The number of pyridine rings is 1. The van der Waals surface area contributed by atoms with E-state index >= 15 is 0 Å². The summed E-state index contributed by atoms with van der Waals surface area (Å²) in [4.78, 5) is 19.8. The number of aromatic nitrogens is 5. The van der Waals surface area contributed by atoms with Gasteiger partial charge in [-0.1, -0.05) is 6.07 Å². The van der Waals surface area contributed by atoms with Crippen LogP contribution in [0.25, 0.3) is 11.2 Å². The molecule has 0 N–H and O–H groups in total. The number of imidazole rings is 1. The lowest BCUT2D eigenvalue weighted by molar-refractivity contribution is 0.104. The van der Waals surface area contributed by atoms with E-state index in [0.717, 1.165) is 42.1 Å². The van der Waals surface area contributed by atoms with E-state index in [1.54, 1.807) is 12.5 Å². The van der Waals surface area contributed by atoms with Crippen molar-refractivity contribution in [2.75, 3.05) is 18.6 Å². The van der Waals surface area contributed by atoms with Crippen molar-refractivity contribution in [3.05, 3.63) is 42.7 Å². The lowest BCUT2D eigenvalue weighted by Crippen LogP contribution is -2.34. The second kappa shape index (κ2) is 6.16. The van der Waals surface area contributed by atoms with Gasteiger partial charge in [0.05, 0.1) is 12.4 Å². The van der Waals surface area contributed by atoms with Gasteiger partial charge >= 0.3 is 0 Å². The summed E-state index contributed by atoms with van der Waals surface area (Å²) in [5, 5.41) is 0. The molecule has 7 nitrogen and oxygen atoms in total. The Morgan fingerprint density at radius 3 is 3.04 bits per heavy atom. The largest absolute Gasteiger partial charge is 0.371 e. The molecule has 1 saturated heterocycles. The second-order valence-corrected chi connectivity index (χ2v) is 5.94. The van der Waals surface area contributed by atoms with Gasteiger partial charge in [-0.25, -0.2) is 15.0 Å².